The highest BCUT2D eigenvalue weighted by atomic mass is 16.6. The lowest BCUT2D eigenvalue weighted by molar-refractivity contribution is -0.117. The molecule has 0 aliphatic heterocycles. The number of benzene rings is 3. The van der Waals surface area contributed by atoms with E-state index in [0.717, 1.165) is 5.56 Å². The number of methoxy groups -OCH3 is 2. The van der Waals surface area contributed by atoms with E-state index in [9.17, 15) is 9.59 Å². The van der Waals surface area contributed by atoms with Gasteiger partial charge in [0.1, 0.15) is 30.4 Å². The van der Waals surface area contributed by atoms with Crippen molar-refractivity contribution in [2.45, 2.75) is 12.5 Å². The summed E-state index contributed by atoms with van der Waals surface area (Å²) in [7, 11) is 4.53. The van der Waals surface area contributed by atoms with Crippen LogP contribution in [0, 0.1) is 0 Å². The Morgan fingerprint density at radius 2 is 1.53 bits per heavy atom. The number of amides is 1. The van der Waals surface area contributed by atoms with Gasteiger partial charge in [0.2, 0.25) is 11.7 Å². The van der Waals surface area contributed by atoms with E-state index < -0.39 is 6.04 Å². The van der Waals surface area contributed by atoms with Gasteiger partial charge in [0.05, 0.1) is 19.9 Å². The normalized spacial score (nSPS) is 14.4. The van der Waals surface area contributed by atoms with Gasteiger partial charge in [-0.15, -0.1) is 0 Å². The van der Waals surface area contributed by atoms with Crippen LogP contribution >= 0.6 is 0 Å². The second-order valence-corrected chi connectivity index (χ2v) is 8.07. The number of Topliss-reactive ketones (excluding diaryl/α,β-unsaturated/α-hetero) is 1. The smallest absolute Gasteiger partial charge is 0.247 e. The summed E-state index contributed by atoms with van der Waals surface area (Å²) < 4.78 is 10.6. The number of carbonyl (C=O) groups excluding carboxylic acids is 2. The standard InChI is InChI=1S/C28H27N3O5/c1-34-20-14-19(15-21(16-20)35-2)29-28(33)26(13-18-9-5-4-6-10-18)30-25-17-24(31-36-3)22-11-7-8-12-23(22)27(25)32/h4-12,14-17,26,30H,13H2,1-3H3,(H,29,33). The van der Waals surface area contributed by atoms with Crippen molar-refractivity contribution in [3.8, 4) is 11.5 Å². The number of nitrogens with zero attached hydrogens (tertiary/aromatic N) is 1. The molecule has 0 bridgehead atoms. The summed E-state index contributed by atoms with van der Waals surface area (Å²) in [6.07, 6.45) is 1.95. The summed E-state index contributed by atoms with van der Waals surface area (Å²) in [6, 6.07) is 21.1. The van der Waals surface area contributed by atoms with Crippen molar-refractivity contribution >= 4 is 23.1 Å². The number of oxime groups is 1. The lowest BCUT2D eigenvalue weighted by Crippen LogP contribution is -2.44. The van der Waals surface area contributed by atoms with Crippen molar-refractivity contribution in [2.75, 3.05) is 26.6 Å². The van der Waals surface area contributed by atoms with E-state index in [2.05, 4.69) is 15.8 Å². The van der Waals surface area contributed by atoms with Gasteiger partial charge in [-0.2, -0.15) is 0 Å². The molecule has 1 atom stereocenters. The molecule has 8 heteroatoms. The second-order valence-electron chi connectivity index (χ2n) is 8.07. The van der Waals surface area contributed by atoms with Gasteiger partial charge in [-0.25, -0.2) is 0 Å². The van der Waals surface area contributed by atoms with Gasteiger partial charge >= 0.3 is 0 Å². The number of hydrogen-bond donors (Lipinski definition) is 2. The monoisotopic (exact) mass is 485 g/mol. The van der Waals surface area contributed by atoms with E-state index in [0.29, 0.717) is 40.4 Å². The molecule has 0 saturated heterocycles. The zero-order valence-electron chi connectivity index (χ0n) is 20.3. The Kier molecular flexibility index (Phi) is 7.65. The fraction of sp³-hybridized carbons (Fsp3) is 0.179. The molecule has 0 radical (unpaired) electrons. The van der Waals surface area contributed by atoms with Gasteiger partial charge in [-0.1, -0.05) is 59.8 Å². The summed E-state index contributed by atoms with van der Waals surface area (Å²) in [5.74, 6) is 0.528. The summed E-state index contributed by atoms with van der Waals surface area (Å²) in [5.41, 5.74) is 3.34. The van der Waals surface area contributed by atoms with Crippen LogP contribution in [0.25, 0.3) is 0 Å². The zero-order valence-corrected chi connectivity index (χ0v) is 20.3. The first-order chi connectivity index (χ1) is 17.5. The number of allylic oxidation sites excluding steroid dienone is 2. The first-order valence-electron chi connectivity index (χ1n) is 11.3. The SMILES string of the molecule is CON=C1C=C(NC(Cc2ccccc2)C(=O)Nc2cc(OC)cc(OC)c2)C(=O)c2ccccc21. The number of ketones is 1. The molecule has 0 saturated carbocycles. The Morgan fingerprint density at radius 1 is 0.889 bits per heavy atom. The van der Waals surface area contributed by atoms with Crippen molar-refractivity contribution in [1.82, 2.24) is 5.32 Å². The van der Waals surface area contributed by atoms with Gasteiger partial charge in [0.25, 0.3) is 0 Å². The third kappa shape index (κ3) is 5.55. The van der Waals surface area contributed by atoms with Crippen LogP contribution in [-0.2, 0) is 16.1 Å². The highest BCUT2D eigenvalue weighted by Crippen LogP contribution is 2.26. The molecule has 3 aromatic rings. The topological polar surface area (TPSA) is 98.2 Å². The molecule has 2 N–H and O–H groups in total. The van der Waals surface area contributed by atoms with Crippen LogP contribution in [0.2, 0.25) is 0 Å². The maximum atomic E-state index is 13.5. The fourth-order valence-electron chi connectivity index (χ4n) is 3.97. The Labute approximate surface area is 209 Å². The van der Waals surface area contributed by atoms with Crippen LogP contribution in [-0.4, -0.2) is 44.8 Å². The molecule has 8 nitrogen and oxygen atoms in total. The Balaban J connectivity index is 1.66. The molecule has 1 amide bonds. The number of anilines is 1. The van der Waals surface area contributed by atoms with E-state index in [1.54, 1.807) is 36.4 Å². The molecule has 0 aromatic heterocycles. The minimum absolute atomic E-state index is 0.227. The summed E-state index contributed by atoms with van der Waals surface area (Å²) >= 11 is 0. The van der Waals surface area contributed by atoms with Gasteiger partial charge in [-0.3, -0.25) is 9.59 Å². The zero-order chi connectivity index (χ0) is 25.5. The van der Waals surface area contributed by atoms with Gasteiger partial charge in [0.15, 0.2) is 0 Å². The molecule has 0 fully saturated rings. The van der Waals surface area contributed by atoms with Crippen molar-refractivity contribution in [3.63, 3.8) is 0 Å². The average molecular weight is 486 g/mol. The van der Waals surface area contributed by atoms with E-state index >= 15 is 0 Å². The van der Waals surface area contributed by atoms with Gasteiger partial charge in [-0.05, 0) is 11.6 Å². The van der Waals surface area contributed by atoms with Crippen molar-refractivity contribution < 1.29 is 23.9 Å². The summed E-state index contributed by atoms with van der Waals surface area (Å²) in [6.45, 7) is 0. The van der Waals surface area contributed by atoms with Gasteiger partial charge in [0, 0.05) is 41.4 Å². The summed E-state index contributed by atoms with van der Waals surface area (Å²) in [4.78, 5) is 31.8. The molecule has 184 valence electrons. The number of hydrogen-bond acceptors (Lipinski definition) is 7. The lowest BCUT2D eigenvalue weighted by atomic mass is 9.91. The van der Waals surface area contributed by atoms with Crippen LogP contribution in [0.3, 0.4) is 0 Å². The number of fused-ring (bicyclic) bond motifs is 1. The van der Waals surface area contributed by atoms with Crippen LogP contribution in [0.4, 0.5) is 5.69 Å². The molecule has 1 aliphatic carbocycles. The molecule has 4 rings (SSSR count). The van der Waals surface area contributed by atoms with E-state index in [1.165, 1.54) is 21.3 Å². The molecule has 3 aromatic carbocycles. The highest BCUT2D eigenvalue weighted by molar-refractivity contribution is 6.26. The molecular weight excluding hydrogens is 458 g/mol. The number of carbonyl (C=O) groups is 2. The largest absolute Gasteiger partial charge is 0.497 e. The van der Waals surface area contributed by atoms with Crippen LogP contribution in [0.15, 0.2) is 89.7 Å². The van der Waals surface area contributed by atoms with Gasteiger partial charge < -0.3 is 24.9 Å². The highest BCUT2D eigenvalue weighted by Gasteiger charge is 2.28. The van der Waals surface area contributed by atoms with Crippen LogP contribution < -0.4 is 20.1 Å². The van der Waals surface area contributed by atoms with Crippen molar-refractivity contribution in [1.29, 1.82) is 0 Å². The predicted octanol–water partition coefficient (Wildman–Crippen LogP) is 3.97. The number of ether oxygens (including phenoxy) is 2. The fourth-order valence-corrected chi connectivity index (χ4v) is 3.97. The third-order valence-corrected chi connectivity index (χ3v) is 5.71. The first kappa shape index (κ1) is 24.5. The predicted molar refractivity (Wildman–Crippen MR) is 138 cm³/mol. The maximum Gasteiger partial charge on any atom is 0.247 e. The van der Waals surface area contributed by atoms with Crippen molar-refractivity contribution in [3.05, 3.63) is 101 Å². The minimum Gasteiger partial charge on any atom is -0.497 e. The maximum absolute atomic E-state index is 13.5. The average Bonchev–Trinajstić information content (AvgIpc) is 2.91. The molecule has 36 heavy (non-hydrogen) atoms. The second kappa shape index (κ2) is 11.2. The minimum atomic E-state index is -0.770. The van der Waals surface area contributed by atoms with Crippen molar-refractivity contribution in [2.24, 2.45) is 5.16 Å². The van der Waals surface area contributed by atoms with E-state index in [1.807, 2.05) is 42.5 Å². The molecule has 0 heterocycles. The molecule has 1 unspecified atom stereocenters. The van der Waals surface area contributed by atoms with Crippen LogP contribution in [0.1, 0.15) is 21.5 Å². The quantitative estimate of drug-likeness (QED) is 0.445. The van der Waals surface area contributed by atoms with Crippen LogP contribution in [0.5, 0.6) is 11.5 Å². The van der Waals surface area contributed by atoms with E-state index in [-0.39, 0.29) is 17.4 Å². The van der Waals surface area contributed by atoms with E-state index in [4.69, 9.17) is 14.3 Å². The Hall–Kier alpha value is -4.59. The summed E-state index contributed by atoms with van der Waals surface area (Å²) in [5, 5.41) is 10.1. The third-order valence-electron chi connectivity index (χ3n) is 5.71. The molecule has 1 aliphatic rings. The lowest BCUT2D eigenvalue weighted by Gasteiger charge is -2.24. The molecular formula is C28H27N3O5. The Bertz CT molecular complexity index is 1300. The Morgan fingerprint density at radius 3 is 2.17 bits per heavy atom. The number of rotatable bonds is 9. The first-order valence-corrected chi connectivity index (χ1v) is 11.3. The molecule has 0 spiro atoms. The number of nitrogens with one attached hydrogen (secondary N) is 2.